The van der Waals surface area contributed by atoms with Crippen LogP contribution >= 0.6 is 11.6 Å². The molecule has 166 valence electrons. The van der Waals surface area contributed by atoms with Crippen LogP contribution in [0.15, 0.2) is 24.5 Å². The van der Waals surface area contributed by atoms with E-state index in [1.165, 1.54) is 24.5 Å². The number of anilines is 1. The third-order valence-corrected chi connectivity index (χ3v) is 4.92. The Bertz CT molecular complexity index is 969. The minimum Gasteiger partial charge on any atom is -0.467 e. The lowest BCUT2D eigenvalue weighted by atomic mass is 9.85. The van der Waals surface area contributed by atoms with Crippen molar-refractivity contribution in [1.82, 2.24) is 20.3 Å². The summed E-state index contributed by atoms with van der Waals surface area (Å²) in [4.78, 5) is 36.3. The average molecular weight is 458 g/mol. The number of pyridine rings is 1. The molecule has 0 radical (unpaired) electrons. The van der Waals surface area contributed by atoms with E-state index in [4.69, 9.17) is 11.6 Å². The predicted octanol–water partition coefficient (Wildman–Crippen LogP) is 3.70. The molecule has 1 aliphatic carbocycles. The summed E-state index contributed by atoms with van der Waals surface area (Å²) in [5, 5.41) is 5.16. The van der Waals surface area contributed by atoms with Crippen molar-refractivity contribution in [2.45, 2.75) is 38.4 Å². The van der Waals surface area contributed by atoms with Gasteiger partial charge in [0.05, 0.1) is 6.04 Å². The van der Waals surface area contributed by atoms with Gasteiger partial charge in [-0.3, -0.25) is 14.9 Å². The normalized spacial score (nSPS) is 15.0. The molecule has 1 fully saturated rings. The Morgan fingerprint density at radius 1 is 1.32 bits per heavy atom. The highest BCUT2D eigenvalue weighted by Gasteiger charge is 2.29. The highest BCUT2D eigenvalue weighted by Crippen LogP contribution is 2.28. The fourth-order valence-corrected chi connectivity index (χ4v) is 2.94. The minimum absolute atomic E-state index is 0.0353. The number of rotatable bonds is 7. The minimum atomic E-state index is -4.52. The zero-order valence-corrected chi connectivity index (χ0v) is 17.1. The zero-order chi connectivity index (χ0) is 22.6. The molecule has 2 aromatic heterocycles. The molecule has 2 N–H and O–H groups in total. The second kappa shape index (κ2) is 9.46. The summed E-state index contributed by atoms with van der Waals surface area (Å²) in [5.41, 5.74) is 0.486. The molecule has 0 saturated heterocycles. The van der Waals surface area contributed by atoms with Gasteiger partial charge in [0.2, 0.25) is 17.7 Å². The molecule has 1 unspecified atom stereocenters. The first-order chi connectivity index (χ1) is 14.6. The second-order valence-corrected chi connectivity index (χ2v) is 7.44. The Morgan fingerprint density at radius 3 is 2.68 bits per heavy atom. The number of amides is 2. The molecule has 2 aromatic rings. The summed E-state index contributed by atoms with van der Waals surface area (Å²) in [6.07, 6.45) is 0.744. The van der Waals surface area contributed by atoms with E-state index in [2.05, 4.69) is 30.3 Å². The van der Waals surface area contributed by atoms with Gasteiger partial charge >= 0.3 is 6.18 Å². The number of hydrogen-bond acceptors (Lipinski definition) is 6. The Balaban J connectivity index is 1.61. The maximum Gasteiger partial charge on any atom is 0.422 e. The van der Waals surface area contributed by atoms with Crippen molar-refractivity contribution >= 4 is 29.4 Å². The first-order valence-corrected chi connectivity index (χ1v) is 9.80. The molecule has 0 aliphatic heterocycles. The number of nitrogens with zero attached hydrogens (tertiary/aromatic N) is 3. The Kier molecular flexibility index (Phi) is 6.94. The summed E-state index contributed by atoms with van der Waals surface area (Å²) in [6, 6.07) is 2.16. The topological polar surface area (TPSA) is 106 Å². The van der Waals surface area contributed by atoms with Crippen molar-refractivity contribution in [3.63, 3.8) is 0 Å². The predicted molar refractivity (Wildman–Crippen MR) is 105 cm³/mol. The van der Waals surface area contributed by atoms with E-state index in [9.17, 15) is 22.8 Å². The molecule has 31 heavy (non-hydrogen) atoms. The van der Waals surface area contributed by atoms with Gasteiger partial charge in [0.25, 0.3) is 5.91 Å². The largest absolute Gasteiger partial charge is 0.467 e. The van der Waals surface area contributed by atoms with E-state index in [1.807, 2.05) is 0 Å². The van der Waals surface area contributed by atoms with Gasteiger partial charge in [-0.2, -0.15) is 13.2 Å². The van der Waals surface area contributed by atoms with Gasteiger partial charge in [-0.05, 0) is 37.5 Å². The molecule has 1 atom stereocenters. The Labute approximate surface area is 180 Å². The number of nitrogens with one attached hydrogen (secondary N) is 2. The lowest BCUT2D eigenvalue weighted by Gasteiger charge is -2.23. The third-order valence-electron chi connectivity index (χ3n) is 4.65. The highest BCUT2D eigenvalue weighted by atomic mass is 35.5. The molecule has 12 heteroatoms. The molecular formula is C19H19ClF3N5O3. The van der Waals surface area contributed by atoms with Crippen LogP contribution in [-0.2, 0) is 4.79 Å². The maximum atomic E-state index is 12.5. The van der Waals surface area contributed by atoms with Crippen LogP contribution in [0.2, 0.25) is 5.02 Å². The van der Waals surface area contributed by atoms with Crippen LogP contribution < -0.4 is 15.4 Å². The molecule has 3 rings (SSSR count). The van der Waals surface area contributed by atoms with Crippen LogP contribution in [0.3, 0.4) is 0 Å². The lowest BCUT2D eigenvalue weighted by molar-refractivity contribution is -0.154. The van der Waals surface area contributed by atoms with Crippen LogP contribution in [0.25, 0.3) is 0 Å². The first kappa shape index (κ1) is 22.7. The van der Waals surface area contributed by atoms with E-state index < -0.39 is 24.7 Å². The quantitative estimate of drug-likeness (QED) is 0.656. The maximum absolute atomic E-state index is 12.5. The van der Waals surface area contributed by atoms with Crippen molar-refractivity contribution < 1.29 is 27.5 Å². The first-order valence-electron chi connectivity index (χ1n) is 9.42. The van der Waals surface area contributed by atoms with Crippen LogP contribution in [0.1, 0.15) is 48.3 Å². The lowest BCUT2D eigenvalue weighted by Crippen LogP contribution is -2.30. The van der Waals surface area contributed by atoms with Gasteiger partial charge in [0.1, 0.15) is 10.7 Å². The van der Waals surface area contributed by atoms with Gasteiger partial charge in [-0.1, -0.05) is 18.0 Å². The van der Waals surface area contributed by atoms with Gasteiger partial charge < -0.3 is 10.1 Å². The fraction of sp³-hybridized carbons (Fsp3) is 0.421. The summed E-state index contributed by atoms with van der Waals surface area (Å²) in [5.74, 6) is -1.09. The van der Waals surface area contributed by atoms with Gasteiger partial charge in [-0.15, -0.1) is 0 Å². The summed E-state index contributed by atoms with van der Waals surface area (Å²) < 4.78 is 41.4. The van der Waals surface area contributed by atoms with Crippen LogP contribution in [-0.4, -0.2) is 39.5 Å². The number of carbonyl (C=O) groups excluding carboxylic acids is 2. The fourth-order valence-electron chi connectivity index (χ4n) is 2.72. The van der Waals surface area contributed by atoms with E-state index in [-0.39, 0.29) is 34.4 Å². The number of alkyl halides is 3. The van der Waals surface area contributed by atoms with Crippen molar-refractivity contribution in [2.75, 3.05) is 11.9 Å². The molecule has 0 bridgehead atoms. The Hall–Kier alpha value is -2.95. The average Bonchev–Trinajstić information content (AvgIpc) is 2.65. The molecule has 0 spiro atoms. The van der Waals surface area contributed by atoms with Crippen LogP contribution in [0, 0.1) is 5.92 Å². The van der Waals surface area contributed by atoms with Crippen molar-refractivity contribution in [1.29, 1.82) is 0 Å². The number of hydrogen-bond donors (Lipinski definition) is 2. The highest BCUT2D eigenvalue weighted by molar-refractivity contribution is 6.31. The number of halogens is 4. The van der Waals surface area contributed by atoms with E-state index in [0.717, 1.165) is 19.3 Å². The third kappa shape index (κ3) is 6.27. The van der Waals surface area contributed by atoms with E-state index >= 15 is 0 Å². The molecule has 0 aromatic carbocycles. The summed E-state index contributed by atoms with van der Waals surface area (Å²) >= 11 is 5.94. The molecule has 1 saturated carbocycles. The van der Waals surface area contributed by atoms with Crippen molar-refractivity contribution in [3.8, 4) is 5.88 Å². The van der Waals surface area contributed by atoms with E-state index in [1.54, 1.807) is 6.92 Å². The summed E-state index contributed by atoms with van der Waals surface area (Å²) in [6.45, 7) is 0.126. The van der Waals surface area contributed by atoms with Gasteiger partial charge in [0.15, 0.2) is 6.61 Å². The van der Waals surface area contributed by atoms with Gasteiger partial charge in [0, 0.05) is 18.3 Å². The molecular weight excluding hydrogens is 439 g/mol. The molecule has 8 nitrogen and oxygen atoms in total. The Morgan fingerprint density at radius 2 is 2.06 bits per heavy atom. The number of carbonyl (C=O) groups is 2. The molecule has 2 heterocycles. The van der Waals surface area contributed by atoms with Crippen molar-refractivity contribution in [2.24, 2.45) is 5.92 Å². The number of aromatic nitrogens is 3. The zero-order valence-electron chi connectivity index (χ0n) is 16.4. The molecule has 2 amide bonds. The van der Waals surface area contributed by atoms with Gasteiger partial charge in [-0.25, -0.2) is 15.0 Å². The standard InChI is InChI=1S/C19H19ClF3N5O3/c1-10(12-7-13(20)17(25-8-12)31-9-19(21,22)23)26-16(30)14-5-6-24-18(27-14)28-15(29)11-3-2-4-11/h5-8,10-11H,2-4,9H2,1H3,(H,26,30)(H,24,27,28,29). The monoisotopic (exact) mass is 457 g/mol. The van der Waals surface area contributed by atoms with Crippen molar-refractivity contribution in [3.05, 3.63) is 40.8 Å². The van der Waals surface area contributed by atoms with Crippen LogP contribution in [0.5, 0.6) is 5.88 Å². The molecule has 1 aliphatic rings. The smallest absolute Gasteiger partial charge is 0.422 e. The second-order valence-electron chi connectivity index (χ2n) is 7.04. The summed E-state index contributed by atoms with van der Waals surface area (Å²) in [7, 11) is 0. The SMILES string of the molecule is CC(NC(=O)c1ccnc(NC(=O)C2CCC2)n1)c1cnc(OCC(F)(F)F)c(Cl)c1. The van der Waals surface area contributed by atoms with E-state index in [0.29, 0.717) is 5.56 Å². The van der Waals surface area contributed by atoms with Crippen LogP contribution in [0.4, 0.5) is 19.1 Å². The number of ether oxygens (including phenoxy) is 1.